The molecule has 1 aliphatic heterocycles. The molecule has 0 aromatic rings. The smallest absolute Gasteiger partial charge is 0.223 e. The predicted octanol–water partition coefficient (Wildman–Crippen LogP) is 2.45. The molecule has 1 saturated carbocycles. The van der Waals surface area contributed by atoms with Crippen LogP contribution >= 0.6 is 24.2 Å². The predicted molar refractivity (Wildman–Crippen MR) is 85.1 cm³/mol. The van der Waals surface area contributed by atoms with Crippen molar-refractivity contribution >= 4 is 30.1 Å². The van der Waals surface area contributed by atoms with Gasteiger partial charge in [0.2, 0.25) is 5.91 Å². The van der Waals surface area contributed by atoms with E-state index in [1.807, 2.05) is 11.8 Å². The third-order valence-corrected chi connectivity index (χ3v) is 5.32. The molecule has 2 fully saturated rings. The van der Waals surface area contributed by atoms with E-state index in [0.29, 0.717) is 22.0 Å². The number of thioether (sulfide) groups is 1. The summed E-state index contributed by atoms with van der Waals surface area (Å²) in [5, 5.41) is 6.48. The third-order valence-electron chi connectivity index (χ3n) is 4.04. The number of carbonyl (C=O) groups excluding carboxylic acids is 1. The second-order valence-corrected chi connectivity index (χ2v) is 8.54. The summed E-state index contributed by atoms with van der Waals surface area (Å²) in [6.07, 6.45) is 3.48. The first-order valence-corrected chi connectivity index (χ1v) is 8.04. The highest BCUT2D eigenvalue weighted by Gasteiger charge is 2.57. The van der Waals surface area contributed by atoms with Crippen LogP contribution in [0.15, 0.2) is 0 Å². The molecule has 1 saturated heterocycles. The molecule has 1 aliphatic carbocycles. The van der Waals surface area contributed by atoms with Crippen LogP contribution in [0.25, 0.3) is 0 Å². The molecule has 19 heavy (non-hydrogen) atoms. The second kappa shape index (κ2) is 6.68. The lowest BCUT2D eigenvalue weighted by Gasteiger charge is -2.23. The standard InChI is InChI=1S/C14H26N2OS.ClH/c1-13(2,3)18-9-8-16-12(17)11-10-14(11)4-6-15-7-5-14;/h11,15H,4-10H2,1-3H3,(H,16,17);1H. The lowest BCUT2D eigenvalue weighted by Crippen LogP contribution is -2.34. The zero-order chi connectivity index (χ0) is 13.2. The van der Waals surface area contributed by atoms with E-state index >= 15 is 0 Å². The first-order valence-electron chi connectivity index (χ1n) is 7.05. The molecule has 3 nitrogen and oxygen atoms in total. The van der Waals surface area contributed by atoms with Crippen molar-refractivity contribution in [2.75, 3.05) is 25.4 Å². The highest BCUT2D eigenvalue weighted by Crippen LogP contribution is 2.58. The van der Waals surface area contributed by atoms with Gasteiger partial charge in [0.15, 0.2) is 0 Å². The maximum Gasteiger partial charge on any atom is 0.223 e. The van der Waals surface area contributed by atoms with Crippen molar-refractivity contribution in [3.8, 4) is 0 Å². The summed E-state index contributed by atoms with van der Waals surface area (Å²) in [7, 11) is 0. The van der Waals surface area contributed by atoms with Gasteiger partial charge in [0, 0.05) is 23.0 Å². The summed E-state index contributed by atoms with van der Waals surface area (Å²) in [4.78, 5) is 12.1. The second-order valence-electron chi connectivity index (χ2n) is 6.62. The Labute approximate surface area is 127 Å². The summed E-state index contributed by atoms with van der Waals surface area (Å²) < 4.78 is 0.292. The molecule has 1 atom stereocenters. The Hall–Kier alpha value is 0.0700. The molecule has 0 aromatic carbocycles. The Morgan fingerprint density at radius 3 is 2.58 bits per heavy atom. The van der Waals surface area contributed by atoms with Gasteiger partial charge in [-0.05, 0) is 37.8 Å². The molecule has 1 unspecified atom stereocenters. The number of carbonyl (C=O) groups is 1. The number of amides is 1. The Morgan fingerprint density at radius 1 is 1.37 bits per heavy atom. The van der Waals surface area contributed by atoms with Gasteiger partial charge < -0.3 is 10.6 Å². The van der Waals surface area contributed by atoms with Crippen LogP contribution in [0.3, 0.4) is 0 Å². The van der Waals surface area contributed by atoms with Gasteiger partial charge in [0.05, 0.1) is 0 Å². The fourth-order valence-electron chi connectivity index (χ4n) is 2.85. The number of hydrogen-bond donors (Lipinski definition) is 2. The van der Waals surface area contributed by atoms with Crippen molar-refractivity contribution in [1.29, 1.82) is 0 Å². The summed E-state index contributed by atoms with van der Waals surface area (Å²) in [6, 6.07) is 0. The summed E-state index contributed by atoms with van der Waals surface area (Å²) >= 11 is 1.91. The number of nitrogens with one attached hydrogen (secondary N) is 2. The van der Waals surface area contributed by atoms with Crippen LogP contribution in [0, 0.1) is 11.3 Å². The first kappa shape index (κ1) is 17.1. The molecule has 1 amide bonds. The molecular formula is C14H27ClN2OS. The third kappa shape index (κ3) is 4.83. The molecule has 1 heterocycles. The van der Waals surface area contributed by atoms with Crippen molar-refractivity contribution in [3.05, 3.63) is 0 Å². The van der Waals surface area contributed by atoms with Crippen molar-refractivity contribution in [1.82, 2.24) is 10.6 Å². The van der Waals surface area contributed by atoms with E-state index in [4.69, 9.17) is 0 Å². The van der Waals surface area contributed by atoms with Crippen LogP contribution in [-0.2, 0) is 4.79 Å². The van der Waals surface area contributed by atoms with Crippen LogP contribution in [0.4, 0.5) is 0 Å². The molecule has 0 bridgehead atoms. The summed E-state index contributed by atoms with van der Waals surface area (Å²) in [5.41, 5.74) is 0.368. The molecule has 1 spiro atoms. The zero-order valence-electron chi connectivity index (χ0n) is 12.3. The van der Waals surface area contributed by atoms with E-state index in [-0.39, 0.29) is 12.4 Å². The normalized spacial score (nSPS) is 24.7. The molecule has 5 heteroatoms. The van der Waals surface area contributed by atoms with Crippen molar-refractivity contribution in [2.24, 2.45) is 11.3 Å². The van der Waals surface area contributed by atoms with E-state index in [2.05, 4.69) is 31.4 Å². The summed E-state index contributed by atoms with van der Waals surface area (Å²) in [5.74, 6) is 1.61. The van der Waals surface area contributed by atoms with Gasteiger partial charge in [-0.15, -0.1) is 12.4 Å². The molecule has 2 aliphatic rings. The largest absolute Gasteiger partial charge is 0.355 e. The quantitative estimate of drug-likeness (QED) is 0.784. The average Bonchev–Trinajstić information content (AvgIpc) is 2.98. The lowest BCUT2D eigenvalue weighted by atomic mass is 9.92. The van der Waals surface area contributed by atoms with Crippen LogP contribution in [0.2, 0.25) is 0 Å². The maximum absolute atomic E-state index is 12.1. The molecule has 0 aromatic heterocycles. The topological polar surface area (TPSA) is 41.1 Å². The average molecular weight is 307 g/mol. The van der Waals surface area contributed by atoms with Crippen molar-refractivity contribution in [2.45, 2.75) is 44.8 Å². The van der Waals surface area contributed by atoms with E-state index in [1.165, 1.54) is 12.8 Å². The fourth-order valence-corrected chi connectivity index (χ4v) is 3.67. The Kier molecular flexibility index (Phi) is 6.02. The Bertz CT molecular complexity index is 311. The van der Waals surface area contributed by atoms with Gasteiger partial charge >= 0.3 is 0 Å². The van der Waals surface area contributed by atoms with Crippen molar-refractivity contribution < 1.29 is 4.79 Å². The molecule has 0 radical (unpaired) electrons. The monoisotopic (exact) mass is 306 g/mol. The SMILES string of the molecule is CC(C)(C)SCCNC(=O)C1CC12CCNCC2.Cl. The van der Waals surface area contributed by atoms with Crippen molar-refractivity contribution in [3.63, 3.8) is 0 Å². The highest BCUT2D eigenvalue weighted by molar-refractivity contribution is 8.00. The van der Waals surface area contributed by atoms with E-state index in [1.54, 1.807) is 0 Å². The minimum absolute atomic E-state index is 0. The molecule has 112 valence electrons. The van der Waals surface area contributed by atoms with Crippen LogP contribution in [0.5, 0.6) is 0 Å². The van der Waals surface area contributed by atoms with Crippen LogP contribution in [0.1, 0.15) is 40.0 Å². The number of hydrogen-bond acceptors (Lipinski definition) is 3. The van der Waals surface area contributed by atoms with Crippen LogP contribution in [-0.4, -0.2) is 36.0 Å². The minimum Gasteiger partial charge on any atom is -0.355 e. The number of halogens is 1. The van der Waals surface area contributed by atoms with Gasteiger partial charge in [-0.2, -0.15) is 11.8 Å². The van der Waals surface area contributed by atoms with Gasteiger partial charge in [-0.3, -0.25) is 4.79 Å². The lowest BCUT2D eigenvalue weighted by molar-refractivity contribution is -0.123. The van der Waals surface area contributed by atoms with E-state index in [0.717, 1.165) is 31.8 Å². The van der Waals surface area contributed by atoms with E-state index in [9.17, 15) is 4.79 Å². The molecular weight excluding hydrogens is 280 g/mol. The first-order chi connectivity index (χ1) is 8.43. The number of piperidine rings is 1. The maximum atomic E-state index is 12.1. The minimum atomic E-state index is 0. The van der Waals surface area contributed by atoms with Gasteiger partial charge in [-0.1, -0.05) is 20.8 Å². The highest BCUT2D eigenvalue weighted by atomic mass is 35.5. The Morgan fingerprint density at radius 2 is 2.00 bits per heavy atom. The van der Waals surface area contributed by atoms with Gasteiger partial charge in [0.1, 0.15) is 0 Å². The van der Waals surface area contributed by atoms with Crippen LogP contribution < -0.4 is 10.6 Å². The summed E-state index contributed by atoms with van der Waals surface area (Å²) in [6.45, 7) is 9.62. The zero-order valence-corrected chi connectivity index (χ0v) is 13.9. The fraction of sp³-hybridized carbons (Fsp3) is 0.929. The molecule has 2 N–H and O–H groups in total. The van der Waals surface area contributed by atoms with Gasteiger partial charge in [0.25, 0.3) is 0 Å². The van der Waals surface area contributed by atoms with E-state index < -0.39 is 0 Å². The molecule has 2 rings (SSSR count). The number of rotatable bonds is 4. The Balaban J connectivity index is 0.00000180. The van der Waals surface area contributed by atoms with Gasteiger partial charge in [-0.25, -0.2) is 0 Å².